The zero-order valence-corrected chi connectivity index (χ0v) is 15.2. The van der Waals surface area contributed by atoms with Crippen molar-refractivity contribution in [2.75, 3.05) is 26.2 Å². The van der Waals surface area contributed by atoms with Crippen molar-refractivity contribution in [3.63, 3.8) is 0 Å². The lowest BCUT2D eigenvalue weighted by Gasteiger charge is -2.33. The fraction of sp³-hybridized carbons (Fsp3) is 0.462. The summed E-state index contributed by atoms with van der Waals surface area (Å²) in [7, 11) is -3.49. The number of sulfonamides is 1. The summed E-state index contributed by atoms with van der Waals surface area (Å²) in [5.41, 5.74) is 0. The lowest BCUT2D eigenvalue weighted by atomic mass is 10.3. The molecule has 0 unspecified atom stereocenters. The van der Waals surface area contributed by atoms with Gasteiger partial charge in [0.25, 0.3) is 5.91 Å². The number of hydrogen-bond donors (Lipinski definition) is 0. The van der Waals surface area contributed by atoms with E-state index in [1.165, 1.54) is 21.8 Å². The number of rotatable bonds is 3. The van der Waals surface area contributed by atoms with Gasteiger partial charge in [-0.05, 0) is 31.4 Å². The third-order valence-electron chi connectivity index (χ3n) is 3.71. The van der Waals surface area contributed by atoms with Crippen LogP contribution in [0.4, 0.5) is 0 Å². The topological polar surface area (TPSA) is 83.5 Å². The van der Waals surface area contributed by atoms with Crippen LogP contribution in [-0.2, 0) is 10.0 Å². The van der Waals surface area contributed by atoms with Gasteiger partial charge in [0.05, 0.1) is 11.1 Å². The third-order valence-corrected chi connectivity index (χ3v) is 7.48. The van der Waals surface area contributed by atoms with Crippen LogP contribution in [0.5, 0.6) is 0 Å². The molecule has 1 aliphatic rings. The molecule has 124 valence electrons. The van der Waals surface area contributed by atoms with Gasteiger partial charge < -0.3 is 4.90 Å². The van der Waals surface area contributed by atoms with E-state index >= 15 is 0 Å². The van der Waals surface area contributed by atoms with Crippen molar-refractivity contribution in [2.45, 2.75) is 18.7 Å². The first-order valence-electron chi connectivity index (χ1n) is 7.03. The quantitative estimate of drug-likeness (QED) is 0.812. The number of aromatic nitrogens is 2. The van der Waals surface area contributed by atoms with Gasteiger partial charge in [-0.2, -0.15) is 4.31 Å². The molecule has 1 fully saturated rings. The zero-order valence-electron chi connectivity index (χ0n) is 12.7. The molecule has 1 saturated heterocycles. The van der Waals surface area contributed by atoms with Crippen molar-refractivity contribution in [2.24, 2.45) is 0 Å². The van der Waals surface area contributed by atoms with E-state index in [0.29, 0.717) is 36.0 Å². The minimum atomic E-state index is -3.49. The Balaban J connectivity index is 1.71. The van der Waals surface area contributed by atoms with E-state index < -0.39 is 10.0 Å². The first-order chi connectivity index (χ1) is 10.9. The molecule has 3 rings (SSSR count). The average molecular weight is 372 g/mol. The number of amides is 1. The number of carbonyl (C=O) groups excluding carboxylic acids is 1. The van der Waals surface area contributed by atoms with E-state index in [0.717, 1.165) is 21.3 Å². The maximum absolute atomic E-state index is 12.7. The summed E-state index contributed by atoms with van der Waals surface area (Å²) in [5.74, 6) is -0.139. The van der Waals surface area contributed by atoms with Crippen LogP contribution < -0.4 is 0 Å². The Morgan fingerprint density at radius 1 is 1.22 bits per heavy atom. The number of piperazine rings is 1. The monoisotopic (exact) mass is 372 g/mol. The Labute approximate surface area is 142 Å². The first-order valence-corrected chi connectivity index (χ1v) is 10.1. The van der Waals surface area contributed by atoms with Crippen LogP contribution in [-0.4, -0.2) is 59.3 Å². The van der Waals surface area contributed by atoms with Gasteiger partial charge in [0.1, 0.15) is 4.88 Å². The summed E-state index contributed by atoms with van der Waals surface area (Å²) in [6.07, 6.45) is 1.44. The van der Waals surface area contributed by atoms with E-state index in [1.54, 1.807) is 11.0 Å². The molecule has 2 aromatic heterocycles. The number of hydrogen-bond acceptors (Lipinski definition) is 7. The Kier molecular flexibility index (Phi) is 4.50. The van der Waals surface area contributed by atoms with Crippen LogP contribution in [0.3, 0.4) is 0 Å². The Hall–Kier alpha value is -1.36. The molecule has 0 N–H and O–H groups in total. The van der Waals surface area contributed by atoms with Crippen LogP contribution in [0.15, 0.2) is 17.2 Å². The van der Waals surface area contributed by atoms with Gasteiger partial charge in [0.2, 0.25) is 10.0 Å². The molecule has 0 radical (unpaired) electrons. The molecule has 0 aromatic carbocycles. The Morgan fingerprint density at radius 3 is 2.43 bits per heavy atom. The molecule has 1 amide bonds. The highest BCUT2D eigenvalue weighted by atomic mass is 32.2. The van der Waals surface area contributed by atoms with E-state index in [-0.39, 0.29) is 5.91 Å². The van der Waals surface area contributed by atoms with Gasteiger partial charge in [-0.3, -0.25) is 4.79 Å². The molecule has 0 aliphatic carbocycles. The van der Waals surface area contributed by atoms with Gasteiger partial charge in [-0.25, -0.2) is 8.42 Å². The van der Waals surface area contributed by atoms with Crippen LogP contribution in [0.2, 0.25) is 0 Å². The lowest BCUT2D eigenvalue weighted by Crippen LogP contribution is -2.50. The van der Waals surface area contributed by atoms with E-state index in [4.69, 9.17) is 0 Å². The highest BCUT2D eigenvalue weighted by molar-refractivity contribution is 7.89. The van der Waals surface area contributed by atoms with Gasteiger partial charge in [0.15, 0.2) is 0 Å². The summed E-state index contributed by atoms with van der Waals surface area (Å²) in [4.78, 5) is 16.5. The summed E-state index contributed by atoms with van der Waals surface area (Å²) >= 11 is 2.53. The standard InChI is InChI=1S/C13H16N4O3S3/c1-9-7-12(10(2)21-9)23(19,20)17-5-3-16(4-6-17)13(18)11-8-14-15-22-11/h7-8H,3-6H2,1-2H3. The first kappa shape index (κ1) is 16.5. The van der Waals surface area contributed by atoms with E-state index in [1.807, 2.05) is 13.8 Å². The Bertz CT molecular complexity index is 806. The molecule has 1 aliphatic heterocycles. The molecule has 2 aromatic rings. The van der Waals surface area contributed by atoms with Crippen molar-refractivity contribution in [1.29, 1.82) is 0 Å². The molecular weight excluding hydrogens is 356 g/mol. The average Bonchev–Trinajstić information content (AvgIpc) is 3.16. The Morgan fingerprint density at radius 2 is 1.91 bits per heavy atom. The fourth-order valence-corrected chi connectivity index (χ4v) is 5.98. The number of nitrogens with zero attached hydrogens (tertiary/aromatic N) is 4. The second-order valence-electron chi connectivity index (χ2n) is 5.26. The molecule has 0 bridgehead atoms. The molecule has 3 heterocycles. The molecule has 0 spiro atoms. The highest BCUT2D eigenvalue weighted by Gasteiger charge is 2.32. The molecule has 0 atom stereocenters. The smallest absolute Gasteiger partial charge is 0.267 e. The summed E-state index contributed by atoms with van der Waals surface area (Å²) in [6, 6.07) is 1.72. The predicted octanol–water partition coefficient (Wildman–Crippen LogP) is 1.36. The molecule has 7 nitrogen and oxygen atoms in total. The number of carbonyl (C=O) groups is 1. The summed E-state index contributed by atoms with van der Waals surface area (Å²) < 4.78 is 30.6. The van der Waals surface area contributed by atoms with Crippen LogP contribution in [0.25, 0.3) is 0 Å². The SMILES string of the molecule is Cc1cc(S(=O)(=O)N2CCN(C(=O)c3cnns3)CC2)c(C)s1. The minimum Gasteiger partial charge on any atom is -0.335 e. The van der Waals surface area contributed by atoms with Crippen molar-refractivity contribution < 1.29 is 13.2 Å². The number of thiophene rings is 1. The van der Waals surface area contributed by atoms with Crippen LogP contribution in [0.1, 0.15) is 19.4 Å². The molecule has 23 heavy (non-hydrogen) atoms. The second kappa shape index (κ2) is 6.27. The molecule has 10 heteroatoms. The van der Waals surface area contributed by atoms with Crippen molar-refractivity contribution in [3.8, 4) is 0 Å². The van der Waals surface area contributed by atoms with Gasteiger partial charge in [-0.1, -0.05) is 4.49 Å². The molecular formula is C13H16N4O3S3. The lowest BCUT2D eigenvalue weighted by molar-refractivity contribution is 0.0702. The van der Waals surface area contributed by atoms with Gasteiger partial charge >= 0.3 is 0 Å². The normalized spacial score (nSPS) is 16.7. The number of aryl methyl sites for hydroxylation is 2. The zero-order chi connectivity index (χ0) is 16.6. The van der Waals surface area contributed by atoms with Crippen LogP contribution in [0, 0.1) is 13.8 Å². The van der Waals surface area contributed by atoms with E-state index in [9.17, 15) is 13.2 Å². The van der Waals surface area contributed by atoms with Crippen LogP contribution >= 0.6 is 22.9 Å². The van der Waals surface area contributed by atoms with Gasteiger partial charge in [0, 0.05) is 35.9 Å². The molecule has 0 saturated carbocycles. The summed E-state index contributed by atoms with van der Waals surface area (Å²) in [6.45, 7) is 5.07. The fourth-order valence-electron chi connectivity index (χ4n) is 2.55. The van der Waals surface area contributed by atoms with Gasteiger partial charge in [-0.15, -0.1) is 16.4 Å². The summed E-state index contributed by atoms with van der Waals surface area (Å²) in [5, 5.41) is 3.66. The maximum Gasteiger partial charge on any atom is 0.267 e. The van der Waals surface area contributed by atoms with Crippen molar-refractivity contribution in [3.05, 3.63) is 26.9 Å². The minimum absolute atomic E-state index is 0.139. The van der Waals surface area contributed by atoms with E-state index in [2.05, 4.69) is 9.59 Å². The highest BCUT2D eigenvalue weighted by Crippen LogP contribution is 2.28. The predicted molar refractivity (Wildman–Crippen MR) is 88.4 cm³/mol. The van der Waals surface area contributed by atoms with Crippen molar-refractivity contribution in [1.82, 2.24) is 18.8 Å². The van der Waals surface area contributed by atoms with Crippen molar-refractivity contribution >= 4 is 38.8 Å². The third kappa shape index (κ3) is 3.16. The maximum atomic E-state index is 12.7. The second-order valence-corrected chi connectivity index (χ2v) is 9.41. The largest absolute Gasteiger partial charge is 0.335 e.